The first kappa shape index (κ1) is 23.3. The number of amides is 1. The summed E-state index contributed by atoms with van der Waals surface area (Å²) in [6, 6.07) is 8.94. The van der Waals surface area contributed by atoms with Gasteiger partial charge in [-0.05, 0) is 19.4 Å². The second-order valence-electron chi connectivity index (χ2n) is 8.59. The van der Waals surface area contributed by atoms with Crippen molar-refractivity contribution in [1.29, 1.82) is 0 Å². The SMILES string of the molecule is CC1CN(Cc2csc(NC(=O)C(c3ccccc3)N3CCS(=O)(=O)CC3)n2)CC(C)O1. The van der Waals surface area contributed by atoms with E-state index in [1.807, 2.05) is 40.6 Å². The Morgan fingerprint density at radius 3 is 2.50 bits per heavy atom. The van der Waals surface area contributed by atoms with Crippen LogP contribution in [0.1, 0.15) is 31.1 Å². The van der Waals surface area contributed by atoms with Crippen LogP contribution < -0.4 is 5.32 Å². The second-order valence-corrected chi connectivity index (χ2v) is 11.7. The number of nitrogens with zero attached hydrogens (tertiary/aromatic N) is 3. The van der Waals surface area contributed by atoms with Gasteiger partial charge in [0, 0.05) is 38.1 Å². The van der Waals surface area contributed by atoms with E-state index in [2.05, 4.69) is 29.0 Å². The average molecular weight is 479 g/mol. The lowest BCUT2D eigenvalue weighted by Gasteiger charge is -2.34. The highest BCUT2D eigenvalue weighted by Gasteiger charge is 2.33. The Balaban J connectivity index is 1.44. The Kier molecular flexibility index (Phi) is 7.26. The maximum absolute atomic E-state index is 13.3. The van der Waals surface area contributed by atoms with E-state index in [0.717, 1.165) is 30.9 Å². The van der Waals surface area contributed by atoms with Gasteiger partial charge in [-0.3, -0.25) is 14.6 Å². The Morgan fingerprint density at radius 1 is 1.19 bits per heavy atom. The maximum atomic E-state index is 13.3. The van der Waals surface area contributed by atoms with E-state index in [1.54, 1.807) is 0 Å². The Hall–Kier alpha value is -1.85. The molecule has 1 amide bonds. The van der Waals surface area contributed by atoms with E-state index in [4.69, 9.17) is 4.74 Å². The Morgan fingerprint density at radius 2 is 1.84 bits per heavy atom. The van der Waals surface area contributed by atoms with Crippen LogP contribution in [0.25, 0.3) is 0 Å². The molecule has 2 aliphatic heterocycles. The molecule has 3 atom stereocenters. The number of hydrogen-bond acceptors (Lipinski definition) is 8. The number of rotatable bonds is 6. The molecule has 4 rings (SSSR count). The third kappa shape index (κ3) is 5.93. The number of carbonyl (C=O) groups is 1. The maximum Gasteiger partial charge on any atom is 0.248 e. The molecule has 2 fully saturated rings. The molecule has 2 saturated heterocycles. The summed E-state index contributed by atoms with van der Waals surface area (Å²) in [7, 11) is -3.03. The van der Waals surface area contributed by atoms with Gasteiger partial charge in [0.1, 0.15) is 6.04 Å². The number of nitrogens with one attached hydrogen (secondary N) is 1. The van der Waals surface area contributed by atoms with Crippen molar-refractivity contribution in [3.63, 3.8) is 0 Å². The third-order valence-corrected chi connectivity index (χ3v) is 8.19. The first-order chi connectivity index (χ1) is 15.3. The van der Waals surface area contributed by atoms with Crippen molar-refractivity contribution >= 4 is 32.2 Å². The molecular formula is C22H30N4O4S2. The molecule has 1 N–H and O–H groups in total. The summed E-state index contributed by atoms with van der Waals surface area (Å²) in [5.74, 6) is -0.0481. The van der Waals surface area contributed by atoms with Gasteiger partial charge in [-0.2, -0.15) is 0 Å². The van der Waals surface area contributed by atoms with Crippen LogP contribution in [-0.4, -0.2) is 79.0 Å². The largest absolute Gasteiger partial charge is 0.373 e. The predicted molar refractivity (Wildman–Crippen MR) is 125 cm³/mol. The molecule has 0 spiro atoms. The number of anilines is 1. The molecule has 0 saturated carbocycles. The smallest absolute Gasteiger partial charge is 0.248 e. The van der Waals surface area contributed by atoms with Crippen molar-refractivity contribution in [2.45, 2.75) is 38.6 Å². The number of sulfone groups is 1. The fraction of sp³-hybridized carbons (Fsp3) is 0.545. The zero-order chi connectivity index (χ0) is 22.7. The first-order valence-corrected chi connectivity index (χ1v) is 13.6. The van der Waals surface area contributed by atoms with Crippen molar-refractivity contribution in [3.8, 4) is 0 Å². The van der Waals surface area contributed by atoms with Gasteiger partial charge in [0.25, 0.3) is 0 Å². The predicted octanol–water partition coefficient (Wildman–Crippen LogP) is 2.16. The molecule has 0 radical (unpaired) electrons. The van der Waals surface area contributed by atoms with E-state index in [-0.39, 0.29) is 29.6 Å². The molecular weight excluding hydrogens is 448 g/mol. The van der Waals surface area contributed by atoms with Gasteiger partial charge in [0.05, 0.1) is 29.4 Å². The molecule has 1 aromatic heterocycles. The van der Waals surface area contributed by atoms with E-state index >= 15 is 0 Å². The molecule has 3 heterocycles. The highest BCUT2D eigenvalue weighted by molar-refractivity contribution is 7.91. The average Bonchev–Trinajstić information content (AvgIpc) is 3.16. The van der Waals surface area contributed by atoms with Gasteiger partial charge >= 0.3 is 0 Å². The van der Waals surface area contributed by atoms with Crippen LogP contribution in [0, 0.1) is 0 Å². The van der Waals surface area contributed by atoms with E-state index < -0.39 is 15.9 Å². The lowest BCUT2D eigenvalue weighted by atomic mass is 10.0. The van der Waals surface area contributed by atoms with Crippen LogP contribution in [0.4, 0.5) is 5.13 Å². The number of ether oxygens (including phenoxy) is 1. The van der Waals surface area contributed by atoms with Crippen LogP contribution >= 0.6 is 11.3 Å². The highest BCUT2D eigenvalue weighted by atomic mass is 32.2. The molecule has 1 aromatic carbocycles. The van der Waals surface area contributed by atoms with E-state index in [9.17, 15) is 13.2 Å². The number of thiazole rings is 1. The van der Waals surface area contributed by atoms with Gasteiger partial charge in [-0.25, -0.2) is 13.4 Å². The van der Waals surface area contributed by atoms with E-state index in [0.29, 0.717) is 18.2 Å². The topological polar surface area (TPSA) is 91.8 Å². The number of aromatic nitrogens is 1. The molecule has 2 aliphatic rings. The second kappa shape index (κ2) is 9.96. The Bertz CT molecular complexity index is 1000. The van der Waals surface area contributed by atoms with E-state index in [1.165, 1.54) is 11.3 Å². The zero-order valence-electron chi connectivity index (χ0n) is 18.4. The molecule has 32 heavy (non-hydrogen) atoms. The summed E-state index contributed by atoms with van der Waals surface area (Å²) in [6.45, 7) is 7.26. The standard InChI is InChI=1S/C22H30N4O4S2/c1-16-12-25(13-17(2)30-16)14-19-15-31-22(23-19)24-21(27)20(18-6-4-3-5-7-18)26-8-10-32(28,29)11-9-26/h3-7,15-17,20H,8-14H2,1-2H3,(H,23,24,27). The fourth-order valence-corrected chi connectivity index (χ4v) is 6.34. The molecule has 0 aliphatic carbocycles. The van der Waals surface area contributed by atoms with Crippen molar-refractivity contribution in [2.24, 2.45) is 0 Å². The van der Waals surface area contributed by atoms with Crippen molar-refractivity contribution < 1.29 is 17.9 Å². The summed E-state index contributed by atoms with van der Waals surface area (Å²) < 4.78 is 29.5. The summed E-state index contributed by atoms with van der Waals surface area (Å²) >= 11 is 1.41. The molecule has 2 aromatic rings. The van der Waals surface area contributed by atoms with Crippen LogP contribution in [0.5, 0.6) is 0 Å². The van der Waals surface area contributed by atoms with Gasteiger partial charge in [0.2, 0.25) is 5.91 Å². The summed E-state index contributed by atoms with van der Waals surface area (Å²) in [6.07, 6.45) is 0.382. The minimum Gasteiger partial charge on any atom is -0.373 e. The van der Waals surface area contributed by atoms with Crippen molar-refractivity contribution in [1.82, 2.24) is 14.8 Å². The van der Waals surface area contributed by atoms with Gasteiger partial charge in [0.15, 0.2) is 15.0 Å². The highest BCUT2D eigenvalue weighted by Crippen LogP contribution is 2.26. The fourth-order valence-electron chi connectivity index (χ4n) is 4.40. The van der Waals surface area contributed by atoms with Crippen molar-refractivity contribution in [3.05, 3.63) is 47.0 Å². The zero-order valence-corrected chi connectivity index (χ0v) is 20.1. The Labute approximate surface area is 193 Å². The number of hydrogen-bond donors (Lipinski definition) is 1. The summed E-state index contributed by atoms with van der Waals surface area (Å²) in [4.78, 5) is 22.2. The monoisotopic (exact) mass is 478 g/mol. The molecule has 10 heteroatoms. The van der Waals surface area contributed by atoms with Crippen LogP contribution in [-0.2, 0) is 25.9 Å². The third-order valence-electron chi connectivity index (χ3n) is 5.77. The quantitative estimate of drug-likeness (QED) is 0.680. The van der Waals surface area contributed by atoms with Crippen LogP contribution in [0.15, 0.2) is 35.7 Å². The number of morpholine rings is 1. The van der Waals surface area contributed by atoms with Crippen LogP contribution in [0.3, 0.4) is 0 Å². The first-order valence-electron chi connectivity index (χ1n) is 10.9. The lowest BCUT2D eigenvalue weighted by Crippen LogP contribution is -2.46. The summed E-state index contributed by atoms with van der Waals surface area (Å²) in [5.41, 5.74) is 1.77. The normalized spacial score (nSPS) is 25.3. The van der Waals surface area contributed by atoms with Crippen molar-refractivity contribution in [2.75, 3.05) is 43.0 Å². The molecule has 8 nitrogen and oxygen atoms in total. The molecule has 174 valence electrons. The number of benzene rings is 1. The minimum atomic E-state index is -3.03. The van der Waals surface area contributed by atoms with Gasteiger partial charge < -0.3 is 10.1 Å². The van der Waals surface area contributed by atoms with Gasteiger partial charge in [-0.1, -0.05) is 30.3 Å². The summed E-state index contributed by atoms with van der Waals surface area (Å²) in [5, 5.41) is 5.51. The lowest BCUT2D eigenvalue weighted by molar-refractivity contribution is -0.121. The molecule has 3 unspecified atom stereocenters. The molecule has 0 bridgehead atoms. The minimum absolute atomic E-state index is 0.0708. The van der Waals surface area contributed by atoms with Gasteiger partial charge in [-0.15, -0.1) is 11.3 Å². The number of carbonyl (C=O) groups excluding carboxylic acids is 1. The van der Waals surface area contributed by atoms with Crippen LogP contribution in [0.2, 0.25) is 0 Å².